The third-order valence-corrected chi connectivity index (χ3v) is 3.15. The second-order valence-electron chi connectivity index (χ2n) is 4.87. The van der Waals surface area contributed by atoms with Crippen molar-refractivity contribution in [1.29, 1.82) is 0 Å². The number of benzene rings is 1. The zero-order chi connectivity index (χ0) is 15.2. The number of carbonyl (C=O) groups excluding carboxylic acids is 1. The Morgan fingerprint density at radius 2 is 2.14 bits per heavy atom. The molecule has 0 fully saturated rings. The number of fused-ring (bicyclic) bond motifs is 1. The number of ether oxygens (including phenoxy) is 2. The van der Waals surface area contributed by atoms with Gasteiger partial charge in [-0.05, 0) is 24.6 Å². The monoisotopic (exact) mass is 314 g/mol. The fourth-order valence-corrected chi connectivity index (χ4v) is 2.16. The van der Waals surface area contributed by atoms with Crippen LogP contribution < -0.4 is 20.1 Å². The fraction of sp³-hybridized carbons (Fsp3) is 0.500. The number of hydrogen-bond acceptors (Lipinski definition) is 4. The molecule has 3 N–H and O–H groups in total. The van der Waals surface area contributed by atoms with E-state index in [1.54, 1.807) is 13.0 Å². The smallest absolute Gasteiger partial charge is 0.315 e. The Kier molecular flexibility index (Phi) is 5.52. The van der Waals surface area contributed by atoms with Gasteiger partial charge < -0.3 is 25.2 Å². The van der Waals surface area contributed by atoms with Crippen LogP contribution in [-0.4, -0.2) is 37.0 Å². The van der Waals surface area contributed by atoms with E-state index in [0.717, 1.165) is 12.0 Å². The largest absolute Gasteiger partial charge is 0.489 e. The second kappa shape index (κ2) is 7.38. The second-order valence-corrected chi connectivity index (χ2v) is 5.28. The number of urea groups is 1. The van der Waals surface area contributed by atoms with Crippen molar-refractivity contribution in [3.8, 4) is 11.5 Å². The van der Waals surface area contributed by atoms with Crippen LogP contribution in [-0.2, 0) is 6.54 Å². The number of halogens is 1. The molecule has 1 aromatic rings. The molecule has 0 aromatic heterocycles. The van der Waals surface area contributed by atoms with Crippen LogP contribution in [0.3, 0.4) is 0 Å². The molecule has 1 atom stereocenters. The SMILES string of the molecule is CC(O)CNC(=O)NCc1cc(Cl)c2c(c1)OCCCO2. The van der Waals surface area contributed by atoms with Gasteiger partial charge in [0, 0.05) is 19.5 Å². The summed E-state index contributed by atoms with van der Waals surface area (Å²) in [6, 6.07) is 3.20. The summed E-state index contributed by atoms with van der Waals surface area (Å²) in [5.41, 5.74) is 0.816. The maximum Gasteiger partial charge on any atom is 0.315 e. The van der Waals surface area contributed by atoms with Gasteiger partial charge in [0.05, 0.1) is 24.3 Å². The van der Waals surface area contributed by atoms with Crippen LogP contribution in [0, 0.1) is 0 Å². The summed E-state index contributed by atoms with van der Waals surface area (Å²) in [4.78, 5) is 11.5. The van der Waals surface area contributed by atoms with Gasteiger partial charge in [-0.3, -0.25) is 0 Å². The number of carbonyl (C=O) groups is 1. The Balaban J connectivity index is 1.96. The molecule has 0 spiro atoms. The van der Waals surface area contributed by atoms with E-state index in [1.165, 1.54) is 0 Å². The molecule has 1 aliphatic heterocycles. The minimum absolute atomic E-state index is 0.202. The molecule has 1 aromatic carbocycles. The van der Waals surface area contributed by atoms with Gasteiger partial charge in [0.2, 0.25) is 0 Å². The first kappa shape index (κ1) is 15.7. The highest BCUT2D eigenvalue weighted by molar-refractivity contribution is 6.32. The van der Waals surface area contributed by atoms with Gasteiger partial charge in [0.25, 0.3) is 0 Å². The van der Waals surface area contributed by atoms with Crippen LogP contribution in [0.1, 0.15) is 18.9 Å². The standard InChI is InChI=1S/C14H19ClN2O4/c1-9(18)7-16-14(19)17-8-10-5-11(15)13-12(6-10)20-3-2-4-21-13/h5-6,9,18H,2-4,7-8H2,1H3,(H2,16,17,19). The Morgan fingerprint density at radius 1 is 1.38 bits per heavy atom. The lowest BCUT2D eigenvalue weighted by Gasteiger charge is -2.13. The first-order chi connectivity index (χ1) is 10.1. The molecule has 0 radical (unpaired) electrons. The summed E-state index contributed by atoms with van der Waals surface area (Å²) in [6.07, 6.45) is 0.226. The molecule has 1 aliphatic rings. The average molecular weight is 315 g/mol. The highest BCUT2D eigenvalue weighted by Crippen LogP contribution is 2.37. The molecule has 0 saturated heterocycles. The predicted octanol–water partition coefficient (Wildman–Crippen LogP) is 1.68. The van der Waals surface area contributed by atoms with Crippen LogP contribution >= 0.6 is 11.6 Å². The molecule has 0 bridgehead atoms. The highest BCUT2D eigenvalue weighted by atomic mass is 35.5. The van der Waals surface area contributed by atoms with E-state index < -0.39 is 6.10 Å². The summed E-state index contributed by atoms with van der Waals surface area (Å²) in [6.45, 7) is 3.26. The number of nitrogens with one attached hydrogen (secondary N) is 2. The normalized spacial score (nSPS) is 15.0. The van der Waals surface area contributed by atoms with Crippen LogP contribution in [0.15, 0.2) is 12.1 Å². The topological polar surface area (TPSA) is 79.8 Å². The Hall–Kier alpha value is -1.66. The minimum atomic E-state index is -0.580. The Labute approximate surface area is 128 Å². The van der Waals surface area contributed by atoms with Gasteiger partial charge in [-0.25, -0.2) is 4.79 Å². The van der Waals surface area contributed by atoms with E-state index in [1.807, 2.05) is 6.07 Å². The van der Waals surface area contributed by atoms with Crippen molar-refractivity contribution in [2.45, 2.75) is 26.0 Å². The van der Waals surface area contributed by atoms with E-state index >= 15 is 0 Å². The van der Waals surface area contributed by atoms with Crippen molar-refractivity contribution in [1.82, 2.24) is 10.6 Å². The zero-order valence-electron chi connectivity index (χ0n) is 11.8. The summed E-state index contributed by atoms with van der Waals surface area (Å²) in [5.74, 6) is 1.15. The molecule has 2 amide bonds. The summed E-state index contributed by atoms with van der Waals surface area (Å²) in [7, 11) is 0. The summed E-state index contributed by atoms with van der Waals surface area (Å²) in [5, 5.41) is 14.8. The van der Waals surface area contributed by atoms with Crippen molar-refractivity contribution in [2.75, 3.05) is 19.8 Å². The average Bonchev–Trinajstić information content (AvgIpc) is 2.68. The summed E-state index contributed by atoms with van der Waals surface area (Å²) < 4.78 is 11.1. The van der Waals surface area contributed by atoms with Crippen molar-refractivity contribution in [3.05, 3.63) is 22.7 Å². The van der Waals surface area contributed by atoms with Gasteiger partial charge in [-0.15, -0.1) is 0 Å². The number of amides is 2. The van der Waals surface area contributed by atoms with Crippen molar-refractivity contribution >= 4 is 17.6 Å². The minimum Gasteiger partial charge on any atom is -0.489 e. The molecule has 6 nitrogen and oxygen atoms in total. The van der Waals surface area contributed by atoms with Gasteiger partial charge in [0.1, 0.15) is 0 Å². The maximum atomic E-state index is 11.5. The number of aliphatic hydroxyl groups excluding tert-OH is 1. The van der Waals surface area contributed by atoms with Crippen molar-refractivity contribution < 1.29 is 19.4 Å². The number of hydrogen-bond donors (Lipinski definition) is 3. The number of aliphatic hydroxyl groups is 1. The summed E-state index contributed by atoms with van der Waals surface area (Å²) >= 11 is 6.17. The zero-order valence-corrected chi connectivity index (χ0v) is 12.6. The number of rotatable bonds is 4. The van der Waals surface area contributed by atoms with E-state index in [9.17, 15) is 4.79 Å². The van der Waals surface area contributed by atoms with E-state index in [4.69, 9.17) is 26.2 Å². The maximum absolute atomic E-state index is 11.5. The Morgan fingerprint density at radius 3 is 2.90 bits per heavy atom. The van der Waals surface area contributed by atoms with E-state index in [-0.39, 0.29) is 12.6 Å². The first-order valence-corrected chi connectivity index (χ1v) is 7.22. The van der Waals surface area contributed by atoms with Crippen molar-refractivity contribution in [2.24, 2.45) is 0 Å². The van der Waals surface area contributed by atoms with Gasteiger partial charge in [-0.2, -0.15) is 0 Å². The van der Waals surface area contributed by atoms with Crippen molar-refractivity contribution in [3.63, 3.8) is 0 Å². The molecule has 2 rings (SSSR count). The lowest BCUT2D eigenvalue weighted by atomic mass is 10.2. The molecule has 1 unspecified atom stereocenters. The molecule has 7 heteroatoms. The molecular weight excluding hydrogens is 296 g/mol. The fourth-order valence-electron chi connectivity index (χ4n) is 1.87. The van der Waals surface area contributed by atoms with Crippen LogP contribution in [0.4, 0.5) is 4.79 Å². The highest BCUT2D eigenvalue weighted by Gasteiger charge is 2.15. The quantitative estimate of drug-likeness (QED) is 0.790. The lowest BCUT2D eigenvalue weighted by molar-refractivity contribution is 0.187. The van der Waals surface area contributed by atoms with E-state index in [2.05, 4.69) is 10.6 Å². The van der Waals surface area contributed by atoms with Gasteiger partial charge >= 0.3 is 6.03 Å². The molecular formula is C14H19ClN2O4. The third-order valence-electron chi connectivity index (χ3n) is 2.87. The molecule has 0 aliphatic carbocycles. The Bertz CT molecular complexity index is 508. The van der Waals surface area contributed by atoms with E-state index in [0.29, 0.717) is 36.3 Å². The third kappa shape index (κ3) is 4.68. The lowest BCUT2D eigenvalue weighted by Crippen LogP contribution is -2.38. The first-order valence-electron chi connectivity index (χ1n) is 6.84. The van der Waals surface area contributed by atoms with Crippen LogP contribution in [0.5, 0.6) is 11.5 Å². The molecule has 0 saturated carbocycles. The molecule has 1 heterocycles. The van der Waals surface area contributed by atoms with Crippen LogP contribution in [0.2, 0.25) is 5.02 Å². The van der Waals surface area contributed by atoms with Gasteiger partial charge in [-0.1, -0.05) is 11.6 Å². The van der Waals surface area contributed by atoms with Gasteiger partial charge in [0.15, 0.2) is 11.5 Å². The molecule has 21 heavy (non-hydrogen) atoms. The van der Waals surface area contributed by atoms with Crippen LogP contribution in [0.25, 0.3) is 0 Å². The predicted molar refractivity (Wildman–Crippen MR) is 79.0 cm³/mol. The molecule has 116 valence electrons.